The van der Waals surface area contributed by atoms with Gasteiger partial charge < -0.3 is 4.90 Å². The molecule has 0 fully saturated rings. The highest BCUT2D eigenvalue weighted by Crippen LogP contribution is 2.38. The molecule has 0 saturated carbocycles. The number of nitrogens with zero attached hydrogens (tertiary/aromatic N) is 7. The van der Waals surface area contributed by atoms with E-state index in [1.165, 1.54) is 18.4 Å². The van der Waals surface area contributed by atoms with Crippen LogP contribution in [0.15, 0.2) is 23.8 Å². The van der Waals surface area contributed by atoms with Gasteiger partial charge in [0.15, 0.2) is 0 Å². The summed E-state index contributed by atoms with van der Waals surface area (Å²) in [6, 6.07) is 2.42. The quantitative estimate of drug-likeness (QED) is 0.456. The molecule has 4 aromatic heterocycles. The van der Waals surface area contributed by atoms with E-state index in [1.807, 2.05) is 6.92 Å². The van der Waals surface area contributed by atoms with Crippen LogP contribution in [-0.4, -0.2) is 46.9 Å². The molecule has 5 heterocycles. The van der Waals surface area contributed by atoms with Crippen molar-refractivity contribution in [2.24, 2.45) is 14.1 Å². The first kappa shape index (κ1) is 20.6. The third-order valence-corrected chi connectivity index (χ3v) is 6.61. The molecule has 1 amide bonds. The maximum absolute atomic E-state index is 13.3. The Labute approximate surface area is 184 Å². The Balaban J connectivity index is 1.52. The van der Waals surface area contributed by atoms with Crippen LogP contribution in [0.2, 0.25) is 0 Å². The standard InChI is InChI=1S/C20H18F3N7OS/c1-10-15-11(17(29(3)27-15)13-8-14(20(21,22)23)28(2)26-13)5-7-30(10)19(31)16-18-12(4-6-24-16)25-9-32-18/h4,6,8-10H,5,7H2,1-3H3/t10-/m0/s1. The fraction of sp³-hybridized carbons (Fsp3) is 0.350. The lowest BCUT2D eigenvalue weighted by Gasteiger charge is -2.32. The topological polar surface area (TPSA) is 81.7 Å². The minimum Gasteiger partial charge on any atom is -0.329 e. The number of alkyl halides is 3. The number of rotatable bonds is 2. The van der Waals surface area contributed by atoms with E-state index in [1.54, 1.807) is 34.4 Å². The third-order valence-electron chi connectivity index (χ3n) is 5.76. The second-order valence-electron chi connectivity index (χ2n) is 7.66. The SMILES string of the molecule is C[C@H]1c2nn(C)c(-c3cc(C(F)(F)F)n(C)n3)c2CCN1C(=O)c1nccc2ncsc12. The fourth-order valence-electron chi connectivity index (χ4n) is 4.27. The Morgan fingerprint density at radius 3 is 2.69 bits per heavy atom. The van der Waals surface area contributed by atoms with Crippen LogP contribution in [-0.2, 0) is 26.7 Å². The number of aryl methyl sites for hydroxylation is 2. The number of hydrogen-bond donors (Lipinski definition) is 0. The van der Waals surface area contributed by atoms with Crippen LogP contribution in [0.3, 0.4) is 0 Å². The predicted molar refractivity (Wildman–Crippen MR) is 111 cm³/mol. The number of hydrogen-bond acceptors (Lipinski definition) is 6. The summed E-state index contributed by atoms with van der Waals surface area (Å²) in [5.41, 5.74) is 4.11. The van der Waals surface area contributed by atoms with Gasteiger partial charge in [-0.2, -0.15) is 23.4 Å². The van der Waals surface area contributed by atoms with Gasteiger partial charge in [-0.3, -0.25) is 14.2 Å². The van der Waals surface area contributed by atoms with Crippen molar-refractivity contribution in [1.29, 1.82) is 0 Å². The van der Waals surface area contributed by atoms with Crippen molar-refractivity contribution in [3.63, 3.8) is 0 Å². The highest BCUT2D eigenvalue weighted by atomic mass is 32.1. The van der Waals surface area contributed by atoms with Gasteiger partial charge in [0, 0.05) is 32.4 Å². The summed E-state index contributed by atoms with van der Waals surface area (Å²) in [6.07, 6.45) is -2.49. The van der Waals surface area contributed by atoms with Crippen LogP contribution in [0.25, 0.3) is 21.6 Å². The van der Waals surface area contributed by atoms with E-state index in [2.05, 4.69) is 20.2 Å². The first-order chi connectivity index (χ1) is 15.2. The highest BCUT2D eigenvalue weighted by molar-refractivity contribution is 7.17. The van der Waals surface area contributed by atoms with Gasteiger partial charge in [0.1, 0.15) is 17.1 Å². The number of amides is 1. The molecule has 0 N–H and O–H groups in total. The summed E-state index contributed by atoms with van der Waals surface area (Å²) in [6.45, 7) is 2.25. The van der Waals surface area contributed by atoms with Gasteiger partial charge in [-0.25, -0.2) is 9.97 Å². The molecule has 0 aliphatic carbocycles. The van der Waals surface area contributed by atoms with E-state index in [9.17, 15) is 18.0 Å². The van der Waals surface area contributed by atoms with Crippen molar-refractivity contribution in [2.75, 3.05) is 6.54 Å². The Kier molecular flexibility index (Phi) is 4.59. The molecule has 0 unspecified atom stereocenters. The molecule has 0 spiro atoms. The minimum absolute atomic E-state index is 0.208. The summed E-state index contributed by atoms with van der Waals surface area (Å²) >= 11 is 1.36. The summed E-state index contributed by atoms with van der Waals surface area (Å²) in [4.78, 5) is 23.5. The molecule has 0 radical (unpaired) electrons. The number of halogens is 3. The predicted octanol–water partition coefficient (Wildman–Crippen LogP) is 3.60. The van der Waals surface area contributed by atoms with Gasteiger partial charge in [-0.15, -0.1) is 11.3 Å². The summed E-state index contributed by atoms with van der Waals surface area (Å²) in [5, 5.41) is 8.63. The molecule has 0 saturated heterocycles. The molecular weight excluding hydrogens is 443 g/mol. The zero-order valence-electron chi connectivity index (χ0n) is 17.4. The van der Waals surface area contributed by atoms with Gasteiger partial charge in [-0.1, -0.05) is 0 Å². The molecule has 5 rings (SSSR count). The Morgan fingerprint density at radius 1 is 1.19 bits per heavy atom. The first-order valence-corrected chi connectivity index (χ1v) is 10.7. The third kappa shape index (κ3) is 3.08. The lowest BCUT2D eigenvalue weighted by atomic mass is 9.97. The second-order valence-corrected chi connectivity index (χ2v) is 8.51. The molecule has 1 atom stereocenters. The highest BCUT2D eigenvalue weighted by Gasteiger charge is 2.38. The molecule has 12 heteroatoms. The summed E-state index contributed by atoms with van der Waals surface area (Å²) in [5.74, 6) is -0.220. The number of carbonyl (C=O) groups is 1. The monoisotopic (exact) mass is 461 g/mol. The van der Waals surface area contributed by atoms with Gasteiger partial charge in [0.05, 0.1) is 33.2 Å². The lowest BCUT2D eigenvalue weighted by molar-refractivity contribution is -0.143. The maximum Gasteiger partial charge on any atom is 0.433 e. The summed E-state index contributed by atoms with van der Waals surface area (Å²) < 4.78 is 42.9. The van der Waals surface area contributed by atoms with E-state index in [4.69, 9.17) is 0 Å². The van der Waals surface area contributed by atoms with Crippen molar-refractivity contribution >= 4 is 27.5 Å². The molecule has 8 nitrogen and oxygen atoms in total. The lowest BCUT2D eigenvalue weighted by Crippen LogP contribution is -2.39. The van der Waals surface area contributed by atoms with E-state index < -0.39 is 11.9 Å². The van der Waals surface area contributed by atoms with Crippen LogP contribution in [0.5, 0.6) is 0 Å². The van der Waals surface area contributed by atoms with Crippen LogP contribution in [0.4, 0.5) is 13.2 Å². The smallest absolute Gasteiger partial charge is 0.329 e. The Bertz CT molecular complexity index is 1350. The fourth-order valence-corrected chi connectivity index (χ4v) is 5.04. The van der Waals surface area contributed by atoms with E-state index in [0.29, 0.717) is 30.0 Å². The maximum atomic E-state index is 13.3. The average molecular weight is 461 g/mol. The van der Waals surface area contributed by atoms with Crippen LogP contribution >= 0.6 is 11.3 Å². The molecular formula is C20H18F3N7OS. The number of thiazole rings is 1. The van der Waals surface area contributed by atoms with Gasteiger partial charge in [0.2, 0.25) is 0 Å². The van der Waals surface area contributed by atoms with Crippen molar-refractivity contribution in [3.05, 3.63) is 46.5 Å². The average Bonchev–Trinajstić information content (AvgIpc) is 3.43. The van der Waals surface area contributed by atoms with Crippen LogP contribution < -0.4 is 0 Å². The molecule has 32 heavy (non-hydrogen) atoms. The van der Waals surface area contributed by atoms with Crippen molar-refractivity contribution in [1.82, 2.24) is 34.4 Å². The molecule has 0 aromatic carbocycles. The van der Waals surface area contributed by atoms with E-state index in [-0.39, 0.29) is 17.6 Å². The van der Waals surface area contributed by atoms with Gasteiger partial charge >= 0.3 is 6.18 Å². The first-order valence-electron chi connectivity index (χ1n) is 9.83. The number of aromatic nitrogens is 6. The zero-order valence-corrected chi connectivity index (χ0v) is 18.2. The van der Waals surface area contributed by atoms with E-state index in [0.717, 1.165) is 26.5 Å². The van der Waals surface area contributed by atoms with Gasteiger partial charge in [-0.05, 0) is 25.5 Å². The normalized spacial score (nSPS) is 16.6. The Hall–Kier alpha value is -3.28. The van der Waals surface area contributed by atoms with Crippen LogP contribution in [0.1, 0.15) is 40.4 Å². The number of pyridine rings is 1. The second kappa shape index (κ2) is 7.12. The molecule has 1 aliphatic heterocycles. The number of fused-ring (bicyclic) bond motifs is 2. The number of carbonyl (C=O) groups excluding carboxylic acids is 1. The van der Waals surface area contributed by atoms with Crippen LogP contribution in [0, 0.1) is 0 Å². The Morgan fingerprint density at radius 2 is 1.97 bits per heavy atom. The van der Waals surface area contributed by atoms with Crippen molar-refractivity contribution < 1.29 is 18.0 Å². The molecule has 1 aliphatic rings. The van der Waals surface area contributed by atoms with Crippen molar-refractivity contribution in [2.45, 2.75) is 25.6 Å². The molecule has 0 bridgehead atoms. The molecule has 4 aromatic rings. The van der Waals surface area contributed by atoms with Crippen molar-refractivity contribution in [3.8, 4) is 11.4 Å². The minimum atomic E-state index is -4.50. The summed E-state index contributed by atoms with van der Waals surface area (Å²) in [7, 11) is 2.94. The zero-order chi connectivity index (χ0) is 22.8. The van der Waals surface area contributed by atoms with Gasteiger partial charge in [0.25, 0.3) is 5.91 Å². The van der Waals surface area contributed by atoms with E-state index >= 15 is 0 Å². The largest absolute Gasteiger partial charge is 0.433 e. The molecule has 166 valence electrons.